The van der Waals surface area contributed by atoms with Gasteiger partial charge in [0.05, 0.1) is 32.4 Å². The molecule has 3 aromatic carbocycles. The van der Waals surface area contributed by atoms with Gasteiger partial charge in [-0.2, -0.15) is 0 Å². The van der Waals surface area contributed by atoms with Crippen LogP contribution in [0.25, 0.3) is 10.9 Å². The number of rotatable bonds is 20. The van der Waals surface area contributed by atoms with Crippen molar-refractivity contribution < 1.29 is 55.8 Å². The maximum absolute atomic E-state index is 15.4. The lowest BCUT2D eigenvalue weighted by Gasteiger charge is -2.25. The summed E-state index contributed by atoms with van der Waals surface area (Å²) in [5.74, 6) is -1.55. The lowest BCUT2D eigenvalue weighted by atomic mass is 10.0. The molecule has 56 heavy (non-hydrogen) atoms. The van der Waals surface area contributed by atoms with Gasteiger partial charge >= 0.3 is 13.7 Å². The molecular formula is C38H44F2N5O10P. The number of hydrogen-bond donors (Lipinski definition) is 3. The number of nitrogens with zero attached hydrogens (tertiary/aromatic N) is 2. The normalized spacial score (nSPS) is 13.2. The minimum Gasteiger partial charge on any atom is -0.493 e. The van der Waals surface area contributed by atoms with Crippen LogP contribution in [-0.2, 0) is 28.0 Å². The van der Waals surface area contributed by atoms with Crippen LogP contribution in [0.1, 0.15) is 40.0 Å². The van der Waals surface area contributed by atoms with E-state index in [-0.39, 0.29) is 49.8 Å². The molecule has 5 rings (SSSR count). The Morgan fingerprint density at radius 1 is 0.857 bits per heavy atom. The van der Waals surface area contributed by atoms with E-state index in [0.717, 1.165) is 6.07 Å². The predicted octanol–water partition coefficient (Wildman–Crippen LogP) is 7.63. The lowest BCUT2D eigenvalue weighted by Crippen LogP contribution is -2.36. The molecule has 300 valence electrons. The SMILES string of the molecule is CCNC(=O)ON(CCCOc1cc2nccc(Oc3ccc(NC(=O)C4(C(=O)Nc5ccc(F)cc5)CC4)cc3F)c2cc1OC)CP(=O)(OCC)OCC. The van der Waals surface area contributed by atoms with Crippen LogP contribution in [0.2, 0.25) is 0 Å². The van der Waals surface area contributed by atoms with Crippen molar-refractivity contribution in [2.45, 2.75) is 40.0 Å². The predicted molar refractivity (Wildman–Crippen MR) is 203 cm³/mol. The second-order valence-electron chi connectivity index (χ2n) is 12.5. The summed E-state index contributed by atoms with van der Waals surface area (Å²) >= 11 is 0. The minimum atomic E-state index is -3.58. The number of ether oxygens (including phenoxy) is 3. The van der Waals surface area contributed by atoms with Crippen molar-refractivity contribution >= 4 is 47.8 Å². The number of fused-ring (bicyclic) bond motifs is 1. The van der Waals surface area contributed by atoms with Crippen molar-refractivity contribution in [2.75, 3.05) is 56.9 Å². The number of anilines is 2. The number of benzene rings is 3. The molecule has 1 heterocycles. The zero-order valence-corrected chi connectivity index (χ0v) is 32.3. The van der Waals surface area contributed by atoms with Gasteiger partial charge in [0, 0.05) is 48.2 Å². The Hall–Kier alpha value is -5.35. The summed E-state index contributed by atoms with van der Waals surface area (Å²) in [5.41, 5.74) is -0.395. The number of hydrogen-bond acceptors (Lipinski definition) is 12. The van der Waals surface area contributed by atoms with Crippen LogP contribution in [0, 0.1) is 17.0 Å². The summed E-state index contributed by atoms with van der Waals surface area (Å²) in [6.07, 6.45) is 1.43. The molecule has 0 atom stereocenters. The number of halogens is 2. The van der Waals surface area contributed by atoms with Crippen molar-refractivity contribution in [3.05, 3.63) is 78.5 Å². The molecule has 0 bridgehead atoms. The number of methoxy groups -OCH3 is 1. The Balaban J connectivity index is 1.22. The zero-order valence-electron chi connectivity index (χ0n) is 31.4. The quantitative estimate of drug-likeness (QED) is 0.0346. The molecule has 0 radical (unpaired) electrons. The van der Waals surface area contributed by atoms with Gasteiger partial charge in [0.2, 0.25) is 11.8 Å². The third-order valence-electron chi connectivity index (χ3n) is 8.44. The van der Waals surface area contributed by atoms with Crippen molar-refractivity contribution in [3.63, 3.8) is 0 Å². The van der Waals surface area contributed by atoms with E-state index in [4.69, 9.17) is 28.1 Å². The van der Waals surface area contributed by atoms with E-state index < -0.39 is 42.6 Å². The Kier molecular flexibility index (Phi) is 14.2. The van der Waals surface area contributed by atoms with Crippen LogP contribution >= 0.6 is 7.60 Å². The zero-order chi connectivity index (χ0) is 40.3. The topological polar surface area (TPSA) is 176 Å². The molecule has 4 aromatic rings. The fraction of sp³-hybridized carbons (Fsp3) is 0.368. The molecular weight excluding hydrogens is 755 g/mol. The largest absolute Gasteiger partial charge is 0.493 e. The number of carbonyl (C=O) groups excluding carboxylic acids is 3. The molecule has 1 aliphatic rings. The fourth-order valence-corrected chi connectivity index (χ4v) is 7.16. The van der Waals surface area contributed by atoms with E-state index in [9.17, 15) is 23.3 Å². The third kappa shape index (κ3) is 10.7. The van der Waals surface area contributed by atoms with Crippen molar-refractivity contribution in [1.29, 1.82) is 0 Å². The number of aromatic nitrogens is 1. The molecule has 3 amide bonds. The van der Waals surface area contributed by atoms with Gasteiger partial charge < -0.3 is 44.0 Å². The Bertz CT molecular complexity index is 2060. The van der Waals surface area contributed by atoms with Crippen molar-refractivity contribution in [3.8, 4) is 23.0 Å². The second kappa shape index (κ2) is 19.0. The highest BCUT2D eigenvalue weighted by atomic mass is 31.2. The van der Waals surface area contributed by atoms with Crippen LogP contribution in [0.3, 0.4) is 0 Å². The number of nitrogens with one attached hydrogen (secondary N) is 3. The third-order valence-corrected chi connectivity index (χ3v) is 10.4. The summed E-state index contributed by atoms with van der Waals surface area (Å²) < 4.78 is 70.0. The smallest absolute Gasteiger partial charge is 0.426 e. The average Bonchev–Trinajstić information content (AvgIpc) is 3.98. The molecule has 3 N–H and O–H groups in total. The number of hydroxylamine groups is 2. The van der Waals surface area contributed by atoms with Gasteiger partial charge in [-0.05, 0) is 88.6 Å². The molecule has 1 aliphatic carbocycles. The van der Waals surface area contributed by atoms with Crippen LogP contribution in [0.15, 0.2) is 66.9 Å². The van der Waals surface area contributed by atoms with Gasteiger partial charge in [0.25, 0.3) is 0 Å². The Labute approximate surface area is 322 Å². The first-order valence-electron chi connectivity index (χ1n) is 18.0. The number of pyridine rings is 1. The molecule has 1 saturated carbocycles. The summed E-state index contributed by atoms with van der Waals surface area (Å²) in [6.45, 7) is 5.99. The monoisotopic (exact) mass is 799 g/mol. The van der Waals surface area contributed by atoms with E-state index in [1.807, 2.05) is 0 Å². The van der Waals surface area contributed by atoms with Gasteiger partial charge in [-0.3, -0.25) is 19.1 Å². The number of carbonyl (C=O) groups is 3. The molecule has 18 heteroatoms. The first-order chi connectivity index (χ1) is 26.9. The van der Waals surface area contributed by atoms with Crippen molar-refractivity contribution in [1.82, 2.24) is 15.4 Å². The Morgan fingerprint density at radius 2 is 1.54 bits per heavy atom. The maximum Gasteiger partial charge on any atom is 0.426 e. The highest BCUT2D eigenvalue weighted by Gasteiger charge is 2.56. The molecule has 0 saturated heterocycles. The van der Waals surface area contributed by atoms with E-state index in [1.165, 1.54) is 54.8 Å². The molecule has 1 aromatic heterocycles. The molecule has 0 unspecified atom stereocenters. The minimum absolute atomic E-state index is 0.125. The van der Waals surface area contributed by atoms with Gasteiger partial charge in [0.1, 0.15) is 23.3 Å². The second-order valence-corrected chi connectivity index (χ2v) is 14.5. The van der Waals surface area contributed by atoms with E-state index >= 15 is 4.39 Å². The molecule has 1 fully saturated rings. The standard InChI is InChI=1S/C38H44F2N5O10P/c1-5-41-37(48)55-45(24-56(49,52-6-2)53-7-3)19-8-20-51-34-23-30-28(22-33(34)50-4)31(15-18-42-30)54-32-14-13-27(21-29(32)40)44-36(47)38(16-17-38)35(46)43-26-11-9-25(39)10-12-26/h9-15,18,21-23H,5-8,16-17,19-20,24H2,1-4H3,(H,41,48)(H,43,46)(H,44,47). The molecule has 15 nitrogen and oxygen atoms in total. The van der Waals surface area contributed by atoms with Crippen LogP contribution in [-0.4, -0.2) is 74.3 Å². The van der Waals surface area contributed by atoms with Crippen LogP contribution < -0.4 is 30.2 Å². The van der Waals surface area contributed by atoms with Gasteiger partial charge in [0.15, 0.2) is 23.1 Å². The van der Waals surface area contributed by atoms with E-state index in [0.29, 0.717) is 53.9 Å². The van der Waals surface area contributed by atoms with Gasteiger partial charge in [-0.15, -0.1) is 5.06 Å². The average molecular weight is 800 g/mol. The first kappa shape index (κ1) is 41.8. The van der Waals surface area contributed by atoms with Crippen molar-refractivity contribution in [2.24, 2.45) is 5.41 Å². The molecule has 0 spiro atoms. The van der Waals surface area contributed by atoms with E-state index in [2.05, 4.69) is 20.9 Å². The summed E-state index contributed by atoms with van der Waals surface area (Å²) in [5, 5.41) is 9.48. The fourth-order valence-electron chi connectivity index (χ4n) is 5.55. The maximum atomic E-state index is 15.4. The van der Waals surface area contributed by atoms with Crippen LogP contribution in [0.5, 0.6) is 23.0 Å². The summed E-state index contributed by atoms with van der Waals surface area (Å²) in [6, 6.07) is 13.9. The first-order valence-corrected chi connectivity index (χ1v) is 19.7. The Morgan fingerprint density at radius 3 is 2.16 bits per heavy atom. The van der Waals surface area contributed by atoms with Gasteiger partial charge in [-0.1, -0.05) is 0 Å². The summed E-state index contributed by atoms with van der Waals surface area (Å²) in [7, 11) is -2.12. The highest BCUT2D eigenvalue weighted by molar-refractivity contribution is 7.53. The number of amides is 3. The lowest BCUT2D eigenvalue weighted by molar-refractivity contribution is -0.131. The molecule has 0 aliphatic heterocycles. The van der Waals surface area contributed by atoms with Gasteiger partial charge in [-0.25, -0.2) is 13.6 Å². The van der Waals surface area contributed by atoms with E-state index in [1.54, 1.807) is 39.0 Å². The summed E-state index contributed by atoms with van der Waals surface area (Å²) in [4.78, 5) is 48.0. The highest BCUT2D eigenvalue weighted by Crippen LogP contribution is 2.49. The van der Waals surface area contributed by atoms with Crippen LogP contribution in [0.4, 0.5) is 25.0 Å².